The first-order valence-corrected chi connectivity index (χ1v) is 9.56. The van der Waals surface area contributed by atoms with Crippen molar-refractivity contribution < 1.29 is 4.52 Å². The van der Waals surface area contributed by atoms with Crippen molar-refractivity contribution in [1.29, 1.82) is 0 Å². The molecule has 0 bridgehead atoms. The van der Waals surface area contributed by atoms with Gasteiger partial charge in [0.05, 0.1) is 11.2 Å². The van der Waals surface area contributed by atoms with Crippen LogP contribution in [0.4, 0.5) is 0 Å². The van der Waals surface area contributed by atoms with Crippen molar-refractivity contribution in [1.82, 2.24) is 9.72 Å². The molecular formula is C21H19BrN2O. The fraction of sp³-hybridized carbons (Fsp3) is 0.286. The van der Waals surface area contributed by atoms with Crippen molar-refractivity contribution in [3.63, 3.8) is 0 Å². The van der Waals surface area contributed by atoms with E-state index in [1.165, 1.54) is 40.2 Å². The van der Waals surface area contributed by atoms with E-state index in [1.807, 2.05) is 13.8 Å². The van der Waals surface area contributed by atoms with Gasteiger partial charge in [-0.1, -0.05) is 33.2 Å². The zero-order valence-corrected chi connectivity index (χ0v) is 15.9. The topological polar surface area (TPSA) is 31.0 Å². The minimum absolute atomic E-state index is 0.833. The van der Waals surface area contributed by atoms with Gasteiger partial charge < -0.3 is 9.09 Å². The normalized spacial score (nSPS) is 14.7. The zero-order valence-electron chi connectivity index (χ0n) is 14.3. The van der Waals surface area contributed by atoms with Crippen molar-refractivity contribution in [2.45, 2.75) is 33.2 Å². The molecule has 0 spiro atoms. The van der Waals surface area contributed by atoms with E-state index in [1.54, 1.807) is 0 Å². The lowest BCUT2D eigenvalue weighted by atomic mass is 10.0. The van der Waals surface area contributed by atoms with Crippen molar-refractivity contribution in [2.75, 3.05) is 0 Å². The summed E-state index contributed by atoms with van der Waals surface area (Å²) >= 11 is 3.64. The van der Waals surface area contributed by atoms with Gasteiger partial charge in [-0.2, -0.15) is 0 Å². The molecule has 1 aliphatic rings. The fourth-order valence-corrected chi connectivity index (χ4v) is 4.23. The molecule has 1 saturated carbocycles. The Morgan fingerprint density at radius 1 is 1.08 bits per heavy atom. The Morgan fingerprint density at radius 2 is 1.92 bits per heavy atom. The van der Waals surface area contributed by atoms with Crippen LogP contribution >= 0.6 is 15.9 Å². The van der Waals surface area contributed by atoms with Gasteiger partial charge >= 0.3 is 0 Å². The largest absolute Gasteiger partial charge is 0.361 e. The molecule has 0 unspecified atom stereocenters. The lowest BCUT2D eigenvalue weighted by Crippen LogP contribution is -1.99. The molecule has 0 aliphatic heterocycles. The number of aromatic nitrogens is 2. The van der Waals surface area contributed by atoms with E-state index in [4.69, 9.17) is 4.52 Å². The molecule has 126 valence electrons. The molecule has 0 saturated heterocycles. The third kappa shape index (κ3) is 2.43. The van der Waals surface area contributed by atoms with Gasteiger partial charge in [0, 0.05) is 32.9 Å². The maximum Gasteiger partial charge on any atom is 0.141 e. The van der Waals surface area contributed by atoms with E-state index < -0.39 is 0 Å². The van der Waals surface area contributed by atoms with Crippen LogP contribution in [0.1, 0.15) is 24.3 Å². The highest BCUT2D eigenvalue weighted by Crippen LogP contribution is 2.38. The van der Waals surface area contributed by atoms with Crippen molar-refractivity contribution >= 4 is 37.7 Å². The van der Waals surface area contributed by atoms with Crippen LogP contribution in [0.2, 0.25) is 0 Å². The van der Waals surface area contributed by atoms with Crippen LogP contribution in [0.15, 0.2) is 45.4 Å². The van der Waals surface area contributed by atoms with E-state index in [-0.39, 0.29) is 0 Å². The van der Waals surface area contributed by atoms with Crippen molar-refractivity contribution in [3.8, 4) is 11.1 Å². The molecule has 2 heterocycles. The standard InChI is InChI=1S/C21H19BrN2O/c1-12-21(13(2)25-23-12)15-5-8-19-18(9-15)17-7-6-16(22)10-20(17)24(19)11-14-3-4-14/h5-10,14H,3-4,11H2,1-2H3. The molecule has 4 aromatic rings. The molecule has 0 N–H and O–H groups in total. The smallest absolute Gasteiger partial charge is 0.141 e. The highest BCUT2D eigenvalue weighted by molar-refractivity contribution is 9.10. The maximum atomic E-state index is 5.37. The summed E-state index contributed by atoms with van der Waals surface area (Å²) in [5.41, 5.74) is 5.86. The molecule has 2 aromatic heterocycles. The third-order valence-corrected chi connectivity index (χ3v) is 5.78. The predicted molar refractivity (Wildman–Crippen MR) is 105 cm³/mol. The third-order valence-electron chi connectivity index (χ3n) is 5.29. The molecule has 2 aromatic carbocycles. The number of hydrogen-bond donors (Lipinski definition) is 0. The van der Waals surface area contributed by atoms with E-state index in [0.717, 1.165) is 34.0 Å². The van der Waals surface area contributed by atoms with Gasteiger partial charge in [-0.15, -0.1) is 0 Å². The Kier molecular flexibility index (Phi) is 3.32. The molecule has 3 nitrogen and oxygen atoms in total. The van der Waals surface area contributed by atoms with E-state index in [2.05, 4.69) is 62.1 Å². The highest BCUT2D eigenvalue weighted by atomic mass is 79.9. The summed E-state index contributed by atoms with van der Waals surface area (Å²) in [7, 11) is 0. The van der Waals surface area contributed by atoms with E-state index >= 15 is 0 Å². The summed E-state index contributed by atoms with van der Waals surface area (Å²) in [5.74, 6) is 1.71. The van der Waals surface area contributed by atoms with Crippen LogP contribution in [0.3, 0.4) is 0 Å². The quantitative estimate of drug-likeness (QED) is 0.411. The molecule has 1 aliphatic carbocycles. The van der Waals surface area contributed by atoms with Crippen molar-refractivity contribution in [2.24, 2.45) is 5.92 Å². The second-order valence-electron chi connectivity index (χ2n) is 7.15. The summed E-state index contributed by atoms with van der Waals surface area (Å²) in [4.78, 5) is 0. The number of aryl methyl sites for hydroxylation is 2. The van der Waals surface area contributed by atoms with Crippen LogP contribution in [0.25, 0.3) is 32.9 Å². The summed E-state index contributed by atoms with van der Waals surface area (Å²) < 4.78 is 8.99. The van der Waals surface area contributed by atoms with Gasteiger partial charge in [0.25, 0.3) is 0 Å². The molecule has 25 heavy (non-hydrogen) atoms. The lowest BCUT2D eigenvalue weighted by Gasteiger charge is -2.07. The zero-order chi connectivity index (χ0) is 17.1. The molecule has 0 radical (unpaired) electrons. The number of fused-ring (bicyclic) bond motifs is 3. The van der Waals surface area contributed by atoms with Crippen LogP contribution in [-0.2, 0) is 6.54 Å². The summed E-state index contributed by atoms with van der Waals surface area (Å²) in [5, 5.41) is 6.73. The molecule has 1 fully saturated rings. The molecule has 0 atom stereocenters. The first-order valence-electron chi connectivity index (χ1n) is 8.76. The summed E-state index contributed by atoms with van der Waals surface area (Å²) in [6, 6.07) is 13.3. The Balaban J connectivity index is 1.80. The first-order chi connectivity index (χ1) is 12.1. The van der Waals surface area contributed by atoms with Crippen LogP contribution in [0, 0.1) is 19.8 Å². The highest BCUT2D eigenvalue weighted by Gasteiger charge is 2.24. The number of hydrogen-bond acceptors (Lipinski definition) is 2. The molecule has 4 heteroatoms. The molecule has 5 rings (SSSR count). The SMILES string of the molecule is Cc1noc(C)c1-c1ccc2c(c1)c1ccc(Br)cc1n2CC1CC1. The van der Waals surface area contributed by atoms with E-state index in [9.17, 15) is 0 Å². The maximum absolute atomic E-state index is 5.37. The first kappa shape index (κ1) is 15.2. The summed E-state index contributed by atoms with van der Waals surface area (Å²) in [6.45, 7) is 5.09. The molecule has 0 amide bonds. The average molecular weight is 395 g/mol. The Labute approximate surface area is 154 Å². The van der Waals surface area contributed by atoms with Gasteiger partial charge in [0.15, 0.2) is 0 Å². The Hall–Kier alpha value is -2.07. The Morgan fingerprint density at radius 3 is 2.64 bits per heavy atom. The fourth-order valence-electron chi connectivity index (χ4n) is 3.88. The average Bonchev–Trinajstić information content (AvgIpc) is 3.29. The second-order valence-corrected chi connectivity index (χ2v) is 8.06. The minimum atomic E-state index is 0.833. The summed E-state index contributed by atoms with van der Waals surface area (Å²) in [6.07, 6.45) is 2.71. The predicted octanol–water partition coefficient (Wildman–Crippen LogP) is 6.24. The second kappa shape index (κ2) is 5.46. The number of benzene rings is 2. The van der Waals surface area contributed by atoms with Gasteiger partial charge in [-0.25, -0.2) is 0 Å². The number of rotatable bonds is 3. The van der Waals surface area contributed by atoms with Crippen LogP contribution in [-0.4, -0.2) is 9.72 Å². The van der Waals surface area contributed by atoms with Crippen molar-refractivity contribution in [3.05, 3.63) is 52.3 Å². The van der Waals surface area contributed by atoms with Gasteiger partial charge in [0.2, 0.25) is 0 Å². The van der Waals surface area contributed by atoms with Crippen LogP contribution < -0.4 is 0 Å². The minimum Gasteiger partial charge on any atom is -0.361 e. The van der Waals surface area contributed by atoms with Crippen LogP contribution in [0.5, 0.6) is 0 Å². The number of nitrogens with zero attached hydrogens (tertiary/aromatic N) is 2. The monoisotopic (exact) mass is 394 g/mol. The number of halogens is 1. The van der Waals surface area contributed by atoms with E-state index in [0.29, 0.717) is 0 Å². The molecular weight excluding hydrogens is 376 g/mol. The van der Waals surface area contributed by atoms with Gasteiger partial charge in [-0.05, 0) is 62.4 Å². The van der Waals surface area contributed by atoms with Gasteiger partial charge in [-0.3, -0.25) is 0 Å². The lowest BCUT2D eigenvalue weighted by molar-refractivity contribution is 0.393. The van der Waals surface area contributed by atoms with Gasteiger partial charge in [0.1, 0.15) is 5.76 Å². The Bertz CT molecular complexity index is 1100.